The highest BCUT2D eigenvalue weighted by Gasteiger charge is 2.14. The first-order chi connectivity index (χ1) is 10.7. The number of hydrogen-bond donors (Lipinski definition) is 1. The van der Waals surface area contributed by atoms with Crippen molar-refractivity contribution in [2.75, 3.05) is 13.3 Å². The summed E-state index contributed by atoms with van der Waals surface area (Å²) in [4.78, 5) is 10.3. The molecule has 0 fully saturated rings. The van der Waals surface area contributed by atoms with Gasteiger partial charge >= 0.3 is 0 Å². The maximum Gasteiger partial charge on any atom is 0.117 e. The van der Waals surface area contributed by atoms with Gasteiger partial charge in [0.25, 0.3) is 0 Å². The lowest BCUT2D eigenvalue weighted by Gasteiger charge is -2.20. The zero-order chi connectivity index (χ0) is 15.8. The summed E-state index contributed by atoms with van der Waals surface area (Å²) in [6.45, 7) is 1.88. The van der Waals surface area contributed by atoms with E-state index < -0.39 is 7.34 Å². The van der Waals surface area contributed by atoms with Crippen LogP contribution < -0.4 is 0 Å². The third-order valence-corrected chi connectivity index (χ3v) is 6.40. The monoisotopic (exact) mass is 316 g/mol. The molecule has 0 aliphatic heterocycles. The van der Waals surface area contributed by atoms with E-state index in [9.17, 15) is 4.89 Å². The summed E-state index contributed by atoms with van der Waals surface area (Å²) in [5.41, 5.74) is 2.50. The Morgan fingerprint density at radius 2 is 2.05 bits per heavy atom. The lowest BCUT2D eigenvalue weighted by molar-refractivity contribution is 0.381. The first-order valence-electron chi connectivity index (χ1n) is 7.74. The molecule has 0 saturated carbocycles. The Bertz CT molecular complexity index is 612. The third kappa shape index (κ3) is 4.84. The molecule has 0 spiro atoms. The highest BCUT2D eigenvalue weighted by Crippen LogP contribution is 2.43. The Morgan fingerprint density at radius 3 is 2.73 bits per heavy atom. The molecule has 0 bridgehead atoms. The van der Waals surface area contributed by atoms with Crippen LogP contribution in [-0.4, -0.2) is 24.0 Å². The summed E-state index contributed by atoms with van der Waals surface area (Å²) in [7, 11) is -0.699. The SMILES string of the molecule is CC=P(O)(CC[C@@H]1\C=C/C=C\C(c2ccccc2)=C/C1)OC. The molecule has 1 unspecified atom stereocenters. The zero-order valence-electron chi connectivity index (χ0n) is 13.4. The summed E-state index contributed by atoms with van der Waals surface area (Å²) in [6.07, 6.45) is 13.5. The van der Waals surface area contributed by atoms with Crippen LogP contribution >= 0.6 is 7.34 Å². The van der Waals surface area contributed by atoms with E-state index in [4.69, 9.17) is 4.52 Å². The standard InChI is InChI=1S/C19H25O2P/c1-3-22(20,21-2)16-15-17-9-7-8-12-19(14-13-17)18-10-5-4-6-11-18/h3-12,14,17,20H,13,15-16H2,1-2H3/b9-7-,12-8-,19-14+/t17-,22?/m1/s1. The van der Waals surface area contributed by atoms with E-state index in [1.807, 2.05) is 18.8 Å². The van der Waals surface area contributed by atoms with Crippen molar-refractivity contribution in [3.05, 3.63) is 66.3 Å². The molecule has 3 heteroatoms. The molecule has 0 heterocycles. The molecule has 1 aromatic rings. The zero-order valence-corrected chi connectivity index (χ0v) is 14.2. The maximum absolute atomic E-state index is 10.3. The lowest BCUT2D eigenvalue weighted by atomic mass is 9.95. The predicted molar refractivity (Wildman–Crippen MR) is 98.2 cm³/mol. The largest absolute Gasteiger partial charge is 0.353 e. The van der Waals surface area contributed by atoms with Gasteiger partial charge in [-0.15, -0.1) is 0 Å². The Morgan fingerprint density at radius 1 is 1.27 bits per heavy atom. The van der Waals surface area contributed by atoms with Gasteiger partial charge < -0.3 is 9.42 Å². The molecule has 0 aromatic heterocycles. The van der Waals surface area contributed by atoms with Crippen LogP contribution in [0.5, 0.6) is 0 Å². The summed E-state index contributed by atoms with van der Waals surface area (Å²) >= 11 is 0. The van der Waals surface area contributed by atoms with Gasteiger partial charge in [0.1, 0.15) is 7.34 Å². The summed E-state index contributed by atoms with van der Waals surface area (Å²) in [5, 5.41) is 0. The van der Waals surface area contributed by atoms with E-state index in [1.165, 1.54) is 11.1 Å². The average molecular weight is 316 g/mol. The first-order valence-corrected chi connectivity index (χ1v) is 9.65. The highest BCUT2D eigenvalue weighted by molar-refractivity contribution is 7.64. The van der Waals surface area contributed by atoms with E-state index in [0.29, 0.717) is 12.1 Å². The smallest absolute Gasteiger partial charge is 0.117 e. The summed E-state index contributed by atoms with van der Waals surface area (Å²) < 4.78 is 5.28. The molecule has 2 rings (SSSR count). The van der Waals surface area contributed by atoms with Crippen molar-refractivity contribution in [2.24, 2.45) is 5.92 Å². The van der Waals surface area contributed by atoms with Crippen LogP contribution in [0.15, 0.2) is 60.7 Å². The van der Waals surface area contributed by atoms with Crippen molar-refractivity contribution in [2.45, 2.75) is 19.8 Å². The Kier molecular flexibility index (Phi) is 6.45. The van der Waals surface area contributed by atoms with Gasteiger partial charge in [-0.05, 0) is 42.6 Å². The molecule has 22 heavy (non-hydrogen) atoms. The van der Waals surface area contributed by atoms with Gasteiger partial charge in [-0.1, -0.05) is 60.7 Å². The molecular weight excluding hydrogens is 291 g/mol. The minimum absolute atomic E-state index is 0.435. The Balaban J connectivity index is 2.06. The third-order valence-electron chi connectivity index (χ3n) is 4.06. The second-order valence-electron chi connectivity index (χ2n) is 5.47. The molecule has 2 atom stereocenters. The van der Waals surface area contributed by atoms with Crippen molar-refractivity contribution < 1.29 is 9.42 Å². The normalized spacial score (nSPS) is 26.0. The first kappa shape index (κ1) is 17.0. The summed E-state index contributed by atoms with van der Waals surface area (Å²) in [6, 6.07) is 10.4. The second-order valence-corrected chi connectivity index (χ2v) is 8.31. The minimum atomic E-state index is -2.29. The molecule has 2 nitrogen and oxygen atoms in total. The van der Waals surface area contributed by atoms with Crippen LogP contribution in [-0.2, 0) is 4.52 Å². The van der Waals surface area contributed by atoms with Gasteiger partial charge in [0.05, 0.1) is 0 Å². The van der Waals surface area contributed by atoms with Crippen LogP contribution in [0.2, 0.25) is 0 Å². The van der Waals surface area contributed by atoms with Crippen molar-refractivity contribution >= 4 is 18.7 Å². The van der Waals surface area contributed by atoms with E-state index in [-0.39, 0.29) is 0 Å². The minimum Gasteiger partial charge on any atom is -0.353 e. The van der Waals surface area contributed by atoms with Crippen LogP contribution in [0.1, 0.15) is 25.3 Å². The van der Waals surface area contributed by atoms with E-state index in [0.717, 1.165) is 12.8 Å². The van der Waals surface area contributed by atoms with E-state index in [1.54, 1.807) is 7.11 Å². The number of rotatable bonds is 5. The molecular formula is C19H25O2P. The number of benzene rings is 1. The van der Waals surface area contributed by atoms with Gasteiger partial charge in [-0.3, -0.25) is 0 Å². The second kappa shape index (κ2) is 8.33. The Hall–Kier alpha value is -1.34. The van der Waals surface area contributed by atoms with Crippen LogP contribution in [0, 0.1) is 5.92 Å². The molecule has 1 N–H and O–H groups in total. The highest BCUT2D eigenvalue weighted by atomic mass is 31.2. The predicted octanol–water partition coefficient (Wildman–Crippen LogP) is 4.90. The number of allylic oxidation sites excluding steroid dienone is 6. The van der Waals surface area contributed by atoms with Crippen LogP contribution in [0.3, 0.4) is 0 Å². The van der Waals surface area contributed by atoms with E-state index in [2.05, 4.69) is 54.6 Å². The Labute approximate surface area is 134 Å². The molecule has 0 radical (unpaired) electrons. The molecule has 1 aliphatic rings. The lowest BCUT2D eigenvalue weighted by Crippen LogP contribution is -2.03. The van der Waals surface area contributed by atoms with Gasteiger partial charge in [0.15, 0.2) is 0 Å². The molecule has 118 valence electrons. The topological polar surface area (TPSA) is 29.5 Å². The fourth-order valence-electron chi connectivity index (χ4n) is 2.54. The molecule has 0 amide bonds. The van der Waals surface area contributed by atoms with Gasteiger partial charge in [-0.2, -0.15) is 0 Å². The maximum atomic E-state index is 10.3. The fourth-order valence-corrected chi connectivity index (χ4v) is 3.89. The number of hydrogen-bond acceptors (Lipinski definition) is 2. The molecule has 0 saturated heterocycles. The van der Waals surface area contributed by atoms with Gasteiger partial charge in [-0.25, -0.2) is 0 Å². The summed E-state index contributed by atoms with van der Waals surface area (Å²) in [5.74, 6) is 2.26. The fraction of sp³-hybridized carbons (Fsp3) is 0.316. The van der Waals surface area contributed by atoms with Crippen molar-refractivity contribution in [1.29, 1.82) is 0 Å². The van der Waals surface area contributed by atoms with Crippen molar-refractivity contribution in [3.8, 4) is 0 Å². The van der Waals surface area contributed by atoms with E-state index >= 15 is 0 Å². The van der Waals surface area contributed by atoms with Crippen LogP contribution in [0.25, 0.3) is 5.57 Å². The van der Waals surface area contributed by atoms with Crippen LogP contribution in [0.4, 0.5) is 0 Å². The molecule has 1 aliphatic carbocycles. The quantitative estimate of drug-likeness (QED) is 0.783. The molecule has 1 aromatic carbocycles. The van der Waals surface area contributed by atoms with Crippen molar-refractivity contribution in [3.63, 3.8) is 0 Å². The van der Waals surface area contributed by atoms with Gasteiger partial charge in [0.2, 0.25) is 0 Å². The van der Waals surface area contributed by atoms with Crippen molar-refractivity contribution in [1.82, 2.24) is 0 Å². The van der Waals surface area contributed by atoms with Gasteiger partial charge in [0, 0.05) is 13.3 Å². The average Bonchev–Trinajstić information content (AvgIpc) is 2.55.